The van der Waals surface area contributed by atoms with Gasteiger partial charge in [-0.25, -0.2) is 0 Å². The number of benzene rings is 2. The molecule has 1 atom stereocenters. The molecule has 3 amide bonds. The van der Waals surface area contributed by atoms with Crippen LogP contribution in [-0.4, -0.2) is 30.3 Å². The predicted molar refractivity (Wildman–Crippen MR) is 112 cm³/mol. The number of rotatable bonds is 7. The molecule has 0 spiro atoms. The Morgan fingerprint density at radius 1 is 1.07 bits per heavy atom. The van der Waals surface area contributed by atoms with Crippen LogP contribution in [-0.2, 0) is 26.2 Å². The first-order valence-corrected chi connectivity index (χ1v) is 9.70. The molecule has 0 aromatic heterocycles. The third-order valence-corrected chi connectivity index (χ3v) is 5.69. The summed E-state index contributed by atoms with van der Waals surface area (Å²) in [5, 5.41) is 2.67. The third-order valence-electron chi connectivity index (χ3n) is 5.69. The molecule has 152 valence electrons. The van der Waals surface area contributed by atoms with Gasteiger partial charge in [0.05, 0.1) is 5.41 Å². The monoisotopic (exact) mass is 393 g/mol. The number of hydrogen-bond donors (Lipinski definition) is 2. The van der Waals surface area contributed by atoms with Crippen LogP contribution in [0, 0.1) is 0 Å². The van der Waals surface area contributed by atoms with Gasteiger partial charge in [0.25, 0.3) is 0 Å². The molecule has 6 nitrogen and oxygen atoms in total. The van der Waals surface area contributed by atoms with Gasteiger partial charge in [-0.05, 0) is 43.9 Å². The van der Waals surface area contributed by atoms with E-state index >= 15 is 0 Å². The molecule has 0 saturated carbocycles. The van der Waals surface area contributed by atoms with Crippen LogP contribution in [0.25, 0.3) is 0 Å². The number of nitrogens with two attached hydrogens (primary N) is 1. The minimum Gasteiger partial charge on any atom is -0.368 e. The minimum atomic E-state index is -1.14. The Morgan fingerprint density at radius 2 is 1.69 bits per heavy atom. The molecule has 2 aromatic carbocycles. The summed E-state index contributed by atoms with van der Waals surface area (Å²) >= 11 is 0. The van der Waals surface area contributed by atoms with Gasteiger partial charge in [-0.2, -0.15) is 0 Å². The summed E-state index contributed by atoms with van der Waals surface area (Å²) in [6, 6.07) is 17.5. The van der Waals surface area contributed by atoms with Crippen molar-refractivity contribution in [1.82, 2.24) is 5.32 Å². The lowest BCUT2D eigenvalue weighted by molar-refractivity contribution is -0.131. The molecule has 1 aliphatic heterocycles. The maximum atomic E-state index is 13.4. The number of hydrogen-bond acceptors (Lipinski definition) is 3. The number of amides is 3. The smallest absolute Gasteiger partial charge is 0.242 e. The summed E-state index contributed by atoms with van der Waals surface area (Å²) in [6.07, 6.45) is 0.945. The lowest BCUT2D eigenvalue weighted by Gasteiger charge is -2.29. The van der Waals surface area contributed by atoms with E-state index in [2.05, 4.69) is 5.32 Å². The normalized spacial score (nSPS) is 18.4. The number of likely N-dealkylation sites (N-methyl/N-ethyl adjacent to an activating group) is 1. The zero-order valence-electron chi connectivity index (χ0n) is 17.1. The number of nitrogens with one attached hydrogen (secondary N) is 1. The first-order chi connectivity index (χ1) is 13.7. The van der Waals surface area contributed by atoms with Gasteiger partial charge in [0, 0.05) is 19.2 Å². The number of anilines is 1. The number of nitrogens with zero attached hydrogens (tertiary/aromatic N) is 1. The van der Waals surface area contributed by atoms with E-state index in [1.165, 1.54) is 0 Å². The second kappa shape index (κ2) is 7.70. The van der Waals surface area contributed by atoms with E-state index in [1.807, 2.05) is 54.6 Å². The van der Waals surface area contributed by atoms with Crippen molar-refractivity contribution in [2.45, 2.75) is 44.1 Å². The van der Waals surface area contributed by atoms with Crippen LogP contribution in [0.4, 0.5) is 5.69 Å². The van der Waals surface area contributed by atoms with E-state index in [-0.39, 0.29) is 18.2 Å². The highest BCUT2D eigenvalue weighted by atomic mass is 16.2. The van der Waals surface area contributed by atoms with E-state index in [0.29, 0.717) is 12.8 Å². The van der Waals surface area contributed by atoms with Gasteiger partial charge in [0.1, 0.15) is 5.54 Å². The molecule has 0 aliphatic carbocycles. The highest BCUT2D eigenvalue weighted by molar-refractivity contribution is 6.08. The summed E-state index contributed by atoms with van der Waals surface area (Å²) < 4.78 is 0. The molecule has 0 bridgehead atoms. The summed E-state index contributed by atoms with van der Waals surface area (Å²) in [7, 11) is 1.77. The zero-order valence-corrected chi connectivity index (χ0v) is 17.1. The van der Waals surface area contributed by atoms with Crippen LogP contribution in [0.15, 0.2) is 54.6 Å². The molecule has 1 heterocycles. The molecule has 29 heavy (non-hydrogen) atoms. The Hall–Kier alpha value is -3.15. The molecule has 0 saturated heterocycles. The first kappa shape index (κ1) is 20.6. The average molecular weight is 393 g/mol. The van der Waals surface area contributed by atoms with Crippen molar-refractivity contribution in [3.05, 3.63) is 65.7 Å². The lowest BCUT2D eigenvalue weighted by atomic mass is 9.73. The first-order valence-electron chi connectivity index (χ1n) is 9.70. The maximum absolute atomic E-state index is 13.4. The quantitative estimate of drug-likeness (QED) is 0.756. The van der Waals surface area contributed by atoms with E-state index in [1.54, 1.807) is 25.8 Å². The van der Waals surface area contributed by atoms with Gasteiger partial charge in [-0.15, -0.1) is 0 Å². The highest BCUT2D eigenvalue weighted by Gasteiger charge is 2.49. The number of carbonyl (C=O) groups excluding carboxylic acids is 3. The Balaban J connectivity index is 1.92. The molecule has 1 aliphatic rings. The standard InChI is InChI=1S/C23H27N3O3/c1-22(2,20(24)28)25-19(27)13-14-23(15-16-9-5-4-6-10-16)17-11-7-8-12-18(17)26(3)21(23)29/h4-12H,13-15H2,1-3H3,(H2,24,28)(H,25,27)/t23-/m0/s1. The van der Waals surface area contributed by atoms with Crippen LogP contribution in [0.3, 0.4) is 0 Å². The van der Waals surface area contributed by atoms with E-state index in [9.17, 15) is 14.4 Å². The van der Waals surface area contributed by atoms with Crippen molar-refractivity contribution in [3.8, 4) is 0 Å². The van der Waals surface area contributed by atoms with Crippen LogP contribution in [0.1, 0.15) is 37.8 Å². The van der Waals surface area contributed by atoms with Gasteiger partial charge in [-0.3, -0.25) is 14.4 Å². The van der Waals surface area contributed by atoms with Crippen molar-refractivity contribution >= 4 is 23.4 Å². The van der Waals surface area contributed by atoms with E-state index < -0.39 is 16.9 Å². The molecule has 0 unspecified atom stereocenters. The largest absolute Gasteiger partial charge is 0.368 e. The minimum absolute atomic E-state index is 0.0236. The summed E-state index contributed by atoms with van der Waals surface area (Å²) in [5.41, 5.74) is 6.21. The highest BCUT2D eigenvalue weighted by Crippen LogP contribution is 2.46. The topological polar surface area (TPSA) is 92.5 Å². The molecular weight excluding hydrogens is 366 g/mol. The summed E-state index contributed by atoms with van der Waals surface area (Å²) in [5.74, 6) is -0.933. The molecule has 3 N–H and O–H groups in total. The third kappa shape index (κ3) is 3.88. The van der Waals surface area contributed by atoms with Crippen molar-refractivity contribution < 1.29 is 14.4 Å². The van der Waals surface area contributed by atoms with Crippen molar-refractivity contribution in [1.29, 1.82) is 0 Å². The van der Waals surface area contributed by atoms with Crippen LogP contribution in [0.2, 0.25) is 0 Å². The molecule has 2 aromatic rings. The Morgan fingerprint density at radius 3 is 2.34 bits per heavy atom. The van der Waals surface area contributed by atoms with Crippen molar-refractivity contribution in [2.24, 2.45) is 5.73 Å². The lowest BCUT2D eigenvalue weighted by Crippen LogP contribution is -2.53. The molecule has 3 rings (SSSR count). The van der Waals surface area contributed by atoms with Gasteiger partial charge in [0.15, 0.2) is 0 Å². The number of fused-ring (bicyclic) bond motifs is 1. The van der Waals surface area contributed by atoms with Crippen LogP contribution in [0.5, 0.6) is 0 Å². The Labute approximate surface area is 171 Å². The second-order valence-electron chi connectivity index (χ2n) is 8.16. The van der Waals surface area contributed by atoms with Crippen LogP contribution < -0.4 is 16.0 Å². The number of primary amides is 1. The van der Waals surface area contributed by atoms with Gasteiger partial charge < -0.3 is 16.0 Å². The predicted octanol–water partition coefficient (Wildman–Crippen LogP) is 2.30. The Bertz CT molecular complexity index is 939. The van der Waals surface area contributed by atoms with E-state index in [0.717, 1.165) is 16.8 Å². The zero-order chi connectivity index (χ0) is 21.2. The van der Waals surface area contributed by atoms with Crippen molar-refractivity contribution in [2.75, 3.05) is 11.9 Å². The molecule has 6 heteroatoms. The second-order valence-corrected chi connectivity index (χ2v) is 8.16. The number of para-hydroxylation sites is 1. The SMILES string of the molecule is CN1C(=O)[C@@](CCC(=O)NC(C)(C)C(N)=O)(Cc2ccccc2)c2ccccc21. The fraction of sp³-hybridized carbons (Fsp3) is 0.348. The van der Waals surface area contributed by atoms with Gasteiger partial charge in [-0.1, -0.05) is 48.5 Å². The maximum Gasteiger partial charge on any atom is 0.242 e. The molecular formula is C23H27N3O3. The molecule has 0 radical (unpaired) electrons. The van der Waals surface area contributed by atoms with Crippen molar-refractivity contribution in [3.63, 3.8) is 0 Å². The average Bonchev–Trinajstić information content (AvgIpc) is 2.89. The van der Waals surface area contributed by atoms with E-state index in [4.69, 9.17) is 5.73 Å². The fourth-order valence-corrected chi connectivity index (χ4v) is 3.96. The summed E-state index contributed by atoms with van der Waals surface area (Å²) in [4.78, 5) is 39.2. The van der Waals surface area contributed by atoms with Gasteiger partial charge in [0.2, 0.25) is 17.7 Å². The Kier molecular flexibility index (Phi) is 5.46. The van der Waals surface area contributed by atoms with Crippen LogP contribution >= 0.6 is 0 Å². The van der Waals surface area contributed by atoms with Gasteiger partial charge >= 0.3 is 0 Å². The fourth-order valence-electron chi connectivity index (χ4n) is 3.96. The molecule has 0 fully saturated rings. The number of carbonyl (C=O) groups is 3. The summed E-state index contributed by atoms with van der Waals surface area (Å²) in [6.45, 7) is 3.13.